The molecule has 0 saturated heterocycles. The van der Waals surface area contributed by atoms with Crippen LogP contribution in [0, 0.1) is 0 Å². The van der Waals surface area contributed by atoms with Crippen molar-refractivity contribution in [3.8, 4) is 0 Å². The van der Waals surface area contributed by atoms with E-state index in [1.807, 2.05) is 60.9 Å². The van der Waals surface area contributed by atoms with Crippen molar-refractivity contribution in [2.45, 2.75) is 6.18 Å². The molecule has 0 radical (unpaired) electrons. The van der Waals surface area contributed by atoms with Gasteiger partial charge in [0.1, 0.15) is 0 Å². The summed E-state index contributed by atoms with van der Waals surface area (Å²) in [4.78, 5) is 6.55. The molecule has 5 rings (SSSR count). The second-order valence-electron chi connectivity index (χ2n) is 6.95. The molecule has 2 heterocycles. The fourth-order valence-corrected chi connectivity index (χ4v) is 3.84. The second-order valence-corrected chi connectivity index (χ2v) is 6.95. The molecule has 0 aliphatic carbocycles. The Balaban J connectivity index is 0.00000218. The van der Waals surface area contributed by atoms with E-state index >= 15 is 0 Å². The molecule has 1 aromatic heterocycles. The first-order valence-corrected chi connectivity index (χ1v) is 9.20. The van der Waals surface area contributed by atoms with Crippen molar-refractivity contribution >= 4 is 34.0 Å². The number of aromatic amines is 1. The SMILES string of the molecule is FC(F)(F)c1ccc(C(=C2C=[NH+]c3ccccc32)c2c[nH]c3ccccc23)cc1.[Cl-]. The fourth-order valence-electron chi connectivity index (χ4n) is 3.84. The molecule has 30 heavy (non-hydrogen) atoms. The number of fused-ring (bicyclic) bond motifs is 2. The molecular weight excluding hydrogens is 409 g/mol. The molecule has 3 aromatic carbocycles. The lowest BCUT2D eigenvalue weighted by Gasteiger charge is -2.12. The molecule has 2 N–H and O–H groups in total. The zero-order valence-corrected chi connectivity index (χ0v) is 16.4. The topological polar surface area (TPSA) is 29.8 Å². The Hall–Kier alpha value is -3.31. The predicted octanol–water partition coefficient (Wildman–Crippen LogP) is 1.95. The molecule has 1 aliphatic heterocycles. The van der Waals surface area contributed by atoms with E-state index in [4.69, 9.17) is 0 Å². The molecule has 0 unspecified atom stereocenters. The Morgan fingerprint density at radius 3 is 2.30 bits per heavy atom. The molecule has 0 saturated carbocycles. The van der Waals surface area contributed by atoms with Crippen LogP contribution in [-0.4, -0.2) is 11.2 Å². The lowest BCUT2D eigenvalue weighted by molar-refractivity contribution is -0.342. The minimum absolute atomic E-state index is 0. The molecule has 0 fully saturated rings. The van der Waals surface area contributed by atoms with Gasteiger partial charge in [0.15, 0.2) is 6.21 Å². The molecule has 6 heteroatoms. The van der Waals surface area contributed by atoms with Gasteiger partial charge >= 0.3 is 6.18 Å². The van der Waals surface area contributed by atoms with Crippen LogP contribution >= 0.6 is 0 Å². The van der Waals surface area contributed by atoms with E-state index in [2.05, 4.69) is 9.98 Å². The number of aromatic nitrogens is 1. The van der Waals surface area contributed by atoms with E-state index in [9.17, 15) is 13.2 Å². The largest absolute Gasteiger partial charge is 1.00 e. The number of para-hydroxylation sites is 2. The van der Waals surface area contributed by atoms with Crippen LogP contribution in [0.3, 0.4) is 0 Å². The monoisotopic (exact) mass is 424 g/mol. The smallest absolute Gasteiger partial charge is 0.416 e. The highest BCUT2D eigenvalue weighted by Crippen LogP contribution is 2.38. The molecular formula is C24H16ClF3N2. The lowest BCUT2D eigenvalue weighted by Crippen LogP contribution is -3.00. The average molecular weight is 425 g/mol. The summed E-state index contributed by atoms with van der Waals surface area (Å²) in [7, 11) is 0. The maximum absolute atomic E-state index is 13.1. The zero-order chi connectivity index (χ0) is 20.0. The summed E-state index contributed by atoms with van der Waals surface area (Å²) in [5, 5.41) is 1.02. The van der Waals surface area contributed by atoms with Gasteiger partial charge in [-0.25, -0.2) is 4.99 Å². The average Bonchev–Trinajstić information content (AvgIpc) is 3.34. The first kappa shape index (κ1) is 20.0. The van der Waals surface area contributed by atoms with Crippen molar-refractivity contribution in [2.75, 3.05) is 0 Å². The van der Waals surface area contributed by atoms with Gasteiger partial charge in [-0.3, -0.25) is 0 Å². The minimum Gasteiger partial charge on any atom is -1.00 e. The van der Waals surface area contributed by atoms with Gasteiger partial charge in [0.05, 0.1) is 16.7 Å². The lowest BCUT2D eigenvalue weighted by atomic mass is 9.89. The van der Waals surface area contributed by atoms with Crippen LogP contribution in [0.4, 0.5) is 18.9 Å². The van der Waals surface area contributed by atoms with Crippen molar-refractivity contribution in [3.05, 3.63) is 101 Å². The summed E-state index contributed by atoms with van der Waals surface area (Å²) >= 11 is 0. The summed E-state index contributed by atoms with van der Waals surface area (Å²) in [5.74, 6) is 0. The number of alkyl halides is 3. The minimum atomic E-state index is -4.36. The zero-order valence-electron chi connectivity index (χ0n) is 15.6. The van der Waals surface area contributed by atoms with Crippen LogP contribution in [0.5, 0.6) is 0 Å². The molecule has 0 spiro atoms. The van der Waals surface area contributed by atoms with Gasteiger partial charge in [0.2, 0.25) is 5.69 Å². The van der Waals surface area contributed by atoms with E-state index in [0.717, 1.165) is 56.6 Å². The van der Waals surface area contributed by atoms with E-state index < -0.39 is 11.7 Å². The van der Waals surface area contributed by atoms with E-state index in [1.54, 1.807) is 12.1 Å². The Labute approximate surface area is 177 Å². The van der Waals surface area contributed by atoms with Gasteiger partial charge in [-0.15, -0.1) is 0 Å². The van der Waals surface area contributed by atoms with Crippen molar-refractivity contribution in [1.29, 1.82) is 0 Å². The maximum atomic E-state index is 13.1. The van der Waals surface area contributed by atoms with E-state index in [1.165, 1.54) is 0 Å². The standard InChI is InChI=1S/C24H15F3N2.ClH/c25-24(26,27)16-11-9-15(10-12-16)23(19-13-28-21-7-3-1-5-17(19)21)20-14-29-22-8-4-2-6-18(20)22;/h1-14,28H;1H. The number of hydrogen-bond donors (Lipinski definition) is 2. The summed E-state index contributed by atoms with van der Waals surface area (Å²) in [6.45, 7) is 0. The Morgan fingerprint density at radius 2 is 1.53 bits per heavy atom. The molecule has 0 bridgehead atoms. The highest BCUT2D eigenvalue weighted by Gasteiger charge is 2.31. The van der Waals surface area contributed by atoms with Gasteiger partial charge in [0.25, 0.3) is 0 Å². The van der Waals surface area contributed by atoms with Gasteiger partial charge in [-0.2, -0.15) is 13.2 Å². The Kier molecular flexibility index (Phi) is 5.00. The van der Waals surface area contributed by atoms with Gasteiger partial charge in [-0.05, 0) is 29.8 Å². The number of H-pyrrole nitrogens is 1. The second kappa shape index (κ2) is 7.50. The van der Waals surface area contributed by atoms with Crippen LogP contribution < -0.4 is 17.4 Å². The first-order valence-electron chi connectivity index (χ1n) is 9.20. The summed E-state index contributed by atoms with van der Waals surface area (Å²) < 4.78 is 39.2. The number of halogens is 4. The molecule has 0 amide bonds. The first-order chi connectivity index (χ1) is 14.0. The van der Waals surface area contributed by atoms with Gasteiger partial charge in [0, 0.05) is 34.3 Å². The van der Waals surface area contributed by atoms with Crippen LogP contribution in [-0.2, 0) is 6.18 Å². The Morgan fingerprint density at radius 1 is 0.833 bits per heavy atom. The van der Waals surface area contributed by atoms with Crippen LogP contribution in [0.2, 0.25) is 0 Å². The summed E-state index contributed by atoms with van der Waals surface area (Å²) in [5.41, 5.74) is 5.83. The predicted molar refractivity (Wildman–Crippen MR) is 109 cm³/mol. The number of rotatable bonds is 2. The van der Waals surface area contributed by atoms with Crippen LogP contribution in [0.25, 0.3) is 22.0 Å². The van der Waals surface area contributed by atoms with Crippen LogP contribution in [0.1, 0.15) is 22.3 Å². The van der Waals surface area contributed by atoms with E-state index in [0.29, 0.717) is 0 Å². The third kappa shape index (κ3) is 3.31. The number of hydrogen-bond acceptors (Lipinski definition) is 0. The van der Waals surface area contributed by atoms with Crippen molar-refractivity contribution in [3.63, 3.8) is 0 Å². The number of nitrogens with one attached hydrogen (secondary N) is 2. The summed E-state index contributed by atoms with van der Waals surface area (Å²) in [6, 6.07) is 21.2. The quantitative estimate of drug-likeness (QED) is 0.493. The van der Waals surface area contributed by atoms with E-state index in [-0.39, 0.29) is 12.4 Å². The molecule has 2 nitrogen and oxygen atoms in total. The van der Waals surface area contributed by atoms with Gasteiger partial charge in [-0.1, -0.05) is 42.5 Å². The van der Waals surface area contributed by atoms with Gasteiger partial charge < -0.3 is 17.4 Å². The molecule has 1 aliphatic rings. The molecule has 0 atom stereocenters. The molecule has 4 aromatic rings. The van der Waals surface area contributed by atoms with Crippen LogP contribution in [0.15, 0.2) is 79.0 Å². The Bertz CT molecular complexity index is 1280. The van der Waals surface area contributed by atoms with Crippen molar-refractivity contribution in [1.82, 2.24) is 4.98 Å². The normalized spacial score (nSPS) is 14.5. The summed E-state index contributed by atoms with van der Waals surface area (Å²) in [6.07, 6.45) is -0.529. The highest BCUT2D eigenvalue weighted by atomic mass is 35.5. The molecule has 150 valence electrons. The van der Waals surface area contributed by atoms with Crippen molar-refractivity contribution in [2.24, 2.45) is 0 Å². The number of benzene rings is 3. The third-order valence-electron chi connectivity index (χ3n) is 5.22. The third-order valence-corrected chi connectivity index (χ3v) is 5.22. The maximum Gasteiger partial charge on any atom is 0.416 e. The highest BCUT2D eigenvalue weighted by molar-refractivity contribution is 6.24. The number of allylic oxidation sites excluding steroid dienone is 1. The fraction of sp³-hybridized carbons (Fsp3) is 0.0417. The van der Waals surface area contributed by atoms with Crippen molar-refractivity contribution < 1.29 is 30.6 Å².